The fourth-order valence-electron chi connectivity index (χ4n) is 5.17. The van der Waals surface area contributed by atoms with Crippen molar-refractivity contribution in [2.45, 2.75) is 57.2 Å². The van der Waals surface area contributed by atoms with E-state index in [9.17, 15) is 18.8 Å². The van der Waals surface area contributed by atoms with Crippen molar-refractivity contribution in [3.05, 3.63) is 94.6 Å². The van der Waals surface area contributed by atoms with Gasteiger partial charge in [-0.25, -0.2) is 13.6 Å². The third-order valence-electron chi connectivity index (χ3n) is 6.71. The summed E-state index contributed by atoms with van der Waals surface area (Å²) in [5, 5.41) is 2.78. The second-order valence-corrected chi connectivity index (χ2v) is 10.3. The van der Waals surface area contributed by atoms with Crippen LogP contribution in [0, 0.1) is 11.6 Å². The number of ether oxygens (including phenoxy) is 1. The molecule has 38 heavy (non-hydrogen) atoms. The zero-order valence-corrected chi connectivity index (χ0v) is 21.1. The van der Waals surface area contributed by atoms with Gasteiger partial charge in [-0.1, -0.05) is 24.3 Å². The molecule has 0 fully saturated rings. The third-order valence-corrected chi connectivity index (χ3v) is 6.71. The van der Waals surface area contributed by atoms with Crippen LogP contribution in [0.5, 0.6) is 0 Å². The van der Waals surface area contributed by atoms with Crippen molar-refractivity contribution in [3.63, 3.8) is 0 Å². The molecule has 196 valence electrons. The predicted octanol–water partition coefficient (Wildman–Crippen LogP) is 5.24. The standard InChI is InChI=1S/C28H26F2N4O4/c1-28(2,3)38-27(37)33-22-16(15-9-6-10-19(29)21(15)30)11-12-20(23-24(22)32-14-13-31-23)34-25(35)17-7-4-5-8-18(17)26(34)36/h4-10,13-14,16,20,22H,11-12H2,1-3H3,(H,33,37). The van der Waals surface area contributed by atoms with E-state index in [4.69, 9.17) is 4.74 Å². The van der Waals surface area contributed by atoms with Gasteiger partial charge in [0, 0.05) is 18.3 Å². The van der Waals surface area contributed by atoms with Gasteiger partial charge in [0.25, 0.3) is 11.8 Å². The van der Waals surface area contributed by atoms with Crippen LogP contribution in [0.3, 0.4) is 0 Å². The molecule has 10 heteroatoms. The van der Waals surface area contributed by atoms with E-state index in [0.29, 0.717) is 5.69 Å². The van der Waals surface area contributed by atoms with Crippen molar-refractivity contribution in [1.29, 1.82) is 0 Å². The Bertz CT molecular complexity index is 1400. The average Bonchev–Trinajstić information content (AvgIpc) is 3.02. The number of benzene rings is 2. The monoisotopic (exact) mass is 520 g/mol. The van der Waals surface area contributed by atoms with Crippen LogP contribution in [0.2, 0.25) is 0 Å². The highest BCUT2D eigenvalue weighted by atomic mass is 19.2. The van der Waals surface area contributed by atoms with Gasteiger partial charge < -0.3 is 10.1 Å². The van der Waals surface area contributed by atoms with Gasteiger partial charge in [0.05, 0.1) is 34.6 Å². The lowest BCUT2D eigenvalue weighted by Crippen LogP contribution is -2.38. The molecule has 0 bridgehead atoms. The molecule has 0 spiro atoms. The summed E-state index contributed by atoms with van der Waals surface area (Å²) in [5.41, 5.74) is 0.313. The van der Waals surface area contributed by atoms with Crippen LogP contribution in [0.4, 0.5) is 13.6 Å². The molecule has 0 saturated carbocycles. The van der Waals surface area contributed by atoms with Crippen LogP contribution in [-0.4, -0.2) is 38.4 Å². The lowest BCUT2D eigenvalue weighted by atomic mass is 9.86. The van der Waals surface area contributed by atoms with E-state index in [-0.39, 0.29) is 35.2 Å². The highest BCUT2D eigenvalue weighted by Gasteiger charge is 2.45. The Morgan fingerprint density at radius 2 is 1.58 bits per heavy atom. The number of rotatable bonds is 3. The number of hydrogen-bond donors (Lipinski definition) is 1. The van der Waals surface area contributed by atoms with E-state index in [1.54, 1.807) is 45.0 Å². The molecule has 2 heterocycles. The second-order valence-electron chi connectivity index (χ2n) is 10.3. The molecule has 3 amide bonds. The lowest BCUT2D eigenvalue weighted by Gasteiger charge is -2.29. The summed E-state index contributed by atoms with van der Waals surface area (Å²) >= 11 is 0. The molecular formula is C28H26F2N4O4. The van der Waals surface area contributed by atoms with E-state index < -0.39 is 53.1 Å². The van der Waals surface area contributed by atoms with Crippen LogP contribution in [0.25, 0.3) is 0 Å². The first-order valence-corrected chi connectivity index (χ1v) is 12.3. The van der Waals surface area contributed by atoms with Gasteiger partial charge in [-0.3, -0.25) is 24.5 Å². The Balaban J connectivity index is 1.62. The molecule has 3 aromatic rings. The minimum Gasteiger partial charge on any atom is -0.444 e. The van der Waals surface area contributed by atoms with Gasteiger partial charge >= 0.3 is 6.09 Å². The van der Waals surface area contributed by atoms with Crippen molar-refractivity contribution in [1.82, 2.24) is 20.2 Å². The zero-order valence-electron chi connectivity index (χ0n) is 21.1. The Hall–Kier alpha value is -4.21. The molecule has 1 aromatic heterocycles. The quantitative estimate of drug-likeness (QED) is 0.375. The first-order valence-electron chi connectivity index (χ1n) is 12.3. The number of alkyl carbamates (subject to hydrolysis) is 1. The Morgan fingerprint density at radius 1 is 0.947 bits per heavy atom. The number of carbonyl (C=O) groups excluding carboxylic acids is 3. The molecule has 8 nitrogen and oxygen atoms in total. The first kappa shape index (κ1) is 25.4. The second kappa shape index (κ2) is 9.59. The van der Waals surface area contributed by atoms with Gasteiger partial charge in [0.15, 0.2) is 11.6 Å². The van der Waals surface area contributed by atoms with Gasteiger partial charge in [-0.05, 0) is 57.4 Å². The van der Waals surface area contributed by atoms with E-state index in [0.717, 1.165) is 11.0 Å². The molecule has 1 aliphatic carbocycles. The molecular weight excluding hydrogens is 494 g/mol. The fraction of sp³-hybridized carbons (Fsp3) is 0.321. The van der Waals surface area contributed by atoms with Gasteiger partial charge in [-0.15, -0.1) is 0 Å². The lowest BCUT2D eigenvalue weighted by molar-refractivity contribution is 0.0491. The van der Waals surface area contributed by atoms with Crippen LogP contribution < -0.4 is 5.32 Å². The van der Waals surface area contributed by atoms with Gasteiger partial charge in [0.2, 0.25) is 0 Å². The number of imide groups is 1. The maximum absolute atomic E-state index is 15.1. The number of amides is 3. The summed E-state index contributed by atoms with van der Waals surface area (Å²) in [6, 6.07) is 8.56. The molecule has 1 N–H and O–H groups in total. The maximum Gasteiger partial charge on any atom is 0.408 e. The zero-order chi connectivity index (χ0) is 27.2. The smallest absolute Gasteiger partial charge is 0.408 e. The molecule has 2 aliphatic rings. The van der Waals surface area contributed by atoms with Crippen molar-refractivity contribution >= 4 is 17.9 Å². The Morgan fingerprint density at radius 3 is 2.21 bits per heavy atom. The van der Waals surface area contributed by atoms with Crippen LogP contribution in [0.1, 0.15) is 89.3 Å². The number of carbonyl (C=O) groups is 3. The first-order chi connectivity index (χ1) is 18.1. The number of nitrogens with zero attached hydrogens (tertiary/aromatic N) is 3. The minimum absolute atomic E-state index is 0.0330. The van der Waals surface area contributed by atoms with E-state index >= 15 is 4.39 Å². The molecule has 3 atom stereocenters. The Labute approximate surface area is 218 Å². The molecule has 2 aromatic carbocycles. The number of nitrogens with one attached hydrogen (secondary N) is 1. The van der Waals surface area contributed by atoms with Crippen molar-refractivity contribution in [3.8, 4) is 0 Å². The summed E-state index contributed by atoms with van der Waals surface area (Å²) in [6.07, 6.45) is 2.42. The number of hydrogen-bond acceptors (Lipinski definition) is 6. The summed E-state index contributed by atoms with van der Waals surface area (Å²) in [5.74, 6) is -3.82. The normalized spacial score (nSPS) is 21.0. The highest BCUT2D eigenvalue weighted by Crippen LogP contribution is 2.46. The van der Waals surface area contributed by atoms with Crippen molar-refractivity contribution in [2.75, 3.05) is 0 Å². The average molecular weight is 521 g/mol. The Kier molecular flexibility index (Phi) is 6.42. The molecule has 0 radical (unpaired) electrons. The highest BCUT2D eigenvalue weighted by molar-refractivity contribution is 6.21. The van der Waals surface area contributed by atoms with Crippen LogP contribution in [0.15, 0.2) is 54.9 Å². The summed E-state index contributed by atoms with van der Waals surface area (Å²) in [6.45, 7) is 5.11. The summed E-state index contributed by atoms with van der Waals surface area (Å²) in [7, 11) is 0. The summed E-state index contributed by atoms with van der Waals surface area (Å²) in [4.78, 5) is 49.7. The topological polar surface area (TPSA) is 101 Å². The summed E-state index contributed by atoms with van der Waals surface area (Å²) < 4.78 is 34.9. The fourth-order valence-corrected chi connectivity index (χ4v) is 5.17. The van der Waals surface area contributed by atoms with E-state index in [1.807, 2.05) is 0 Å². The van der Waals surface area contributed by atoms with Crippen LogP contribution >= 0.6 is 0 Å². The van der Waals surface area contributed by atoms with E-state index in [2.05, 4.69) is 15.3 Å². The third kappa shape index (κ3) is 4.51. The SMILES string of the molecule is CC(C)(C)OC(=O)NC1c2nccnc2C(N2C(=O)c3ccccc3C2=O)CCC1c1cccc(F)c1F. The molecule has 0 saturated heterocycles. The van der Waals surface area contributed by atoms with Gasteiger partial charge in [0.1, 0.15) is 5.60 Å². The molecule has 5 rings (SSSR count). The van der Waals surface area contributed by atoms with E-state index in [1.165, 1.54) is 24.5 Å². The number of halogens is 2. The predicted molar refractivity (Wildman–Crippen MR) is 132 cm³/mol. The van der Waals surface area contributed by atoms with Crippen LogP contribution in [-0.2, 0) is 4.74 Å². The minimum atomic E-state index is -1.04. The molecule has 3 unspecified atom stereocenters. The number of aromatic nitrogens is 2. The molecule has 1 aliphatic heterocycles. The number of fused-ring (bicyclic) bond motifs is 2. The van der Waals surface area contributed by atoms with Gasteiger partial charge in [-0.2, -0.15) is 0 Å². The van der Waals surface area contributed by atoms with Crippen molar-refractivity contribution < 1.29 is 27.9 Å². The van der Waals surface area contributed by atoms with Crippen molar-refractivity contribution in [2.24, 2.45) is 0 Å². The largest absolute Gasteiger partial charge is 0.444 e. The maximum atomic E-state index is 15.1.